The number of methoxy groups -OCH3 is 1. The molecular weight excluding hydrogens is 462 g/mol. The molecule has 2 saturated heterocycles. The quantitative estimate of drug-likeness (QED) is 0.538. The smallest absolute Gasteiger partial charge is 0.326 e. The lowest BCUT2D eigenvalue weighted by Gasteiger charge is -2.37. The van der Waals surface area contributed by atoms with Gasteiger partial charge in [0, 0.05) is 44.8 Å². The second-order valence-corrected chi connectivity index (χ2v) is 9.34. The Labute approximate surface area is 211 Å². The molecule has 0 unspecified atom stereocenters. The highest BCUT2D eigenvalue weighted by atomic mass is 16.5. The first-order chi connectivity index (χ1) is 17.3. The van der Waals surface area contributed by atoms with E-state index in [9.17, 15) is 19.5 Å². The topological polar surface area (TPSA) is 108 Å². The zero-order valence-corrected chi connectivity index (χ0v) is 20.7. The minimum Gasteiger partial charge on any atom is -0.496 e. The number of likely N-dealkylation sites (N-methyl/N-ethyl adjacent to an activating group) is 1. The van der Waals surface area contributed by atoms with Gasteiger partial charge in [-0.05, 0) is 37.1 Å². The lowest BCUT2D eigenvalue weighted by atomic mass is 9.95. The maximum atomic E-state index is 13.4. The minimum absolute atomic E-state index is 0.0755. The van der Waals surface area contributed by atoms with Crippen molar-refractivity contribution in [2.24, 2.45) is 0 Å². The summed E-state index contributed by atoms with van der Waals surface area (Å²) in [6.07, 6.45) is 0.880. The van der Waals surface area contributed by atoms with Gasteiger partial charge in [0.15, 0.2) is 0 Å². The highest BCUT2D eigenvalue weighted by molar-refractivity contribution is 6.09. The molecule has 0 saturated carbocycles. The molecule has 9 nitrogen and oxygen atoms in total. The molecule has 2 heterocycles. The van der Waals surface area contributed by atoms with E-state index in [0.29, 0.717) is 32.6 Å². The molecule has 2 N–H and O–H groups in total. The van der Waals surface area contributed by atoms with Gasteiger partial charge in [-0.25, -0.2) is 4.79 Å². The van der Waals surface area contributed by atoms with E-state index in [-0.39, 0.29) is 25.4 Å². The van der Waals surface area contributed by atoms with Gasteiger partial charge in [0.2, 0.25) is 5.60 Å². The number of hydrogen-bond acceptors (Lipinski definition) is 6. The summed E-state index contributed by atoms with van der Waals surface area (Å²) in [6, 6.07) is 13.9. The fourth-order valence-electron chi connectivity index (χ4n) is 4.76. The number of aliphatic carboxylic acids is 1. The molecule has 192 valence electrons. The molecule has 0 aromatic heterocycles. The monoisotopic (exact) mass is 495 g/mol. The van der Waals surface area contributed by atoms with Crippen molar-refractivity contribution in [2.75, 3.05) is 46.9 Å². The largest absolute Gasteiger partial charge is 0.496 e. The number of nitrogens with zero attached hydrogens (tertiary/aromatic N) is 2. The van der Waals surface area contributed by atoms with Crippen LogP contribution < -0.4 is 10.1 Å². The van der Waals surface area contributed by atoms with Crippen LogP contribution in [0.1, 0.15) is 18.4 Å². The molecule has 0 spiro atoms. The van der Waals surface area contributed by atoms with Gasteiger partial charge < -0.3 is 29.7 Å². The van der Waals surface area contributed by atoms with E-state index in [4.69, 9.17) is 9.47 Å². The number of piperazine rings is 1. The first kappa shape index (κ1) is 25.7. The fraction of sp³-hybridized carbons (Fsp3) is 0.444. The molecule has 2 aromatic rings. The molecule has 4 rings (SSSR count). The van der Waals surface area contributed by atoms with Crippen molar-refractivity contribution in [3.63, 3.8) is 0 Å². The normalized spacial score (nSPS) is 21.1. The van der Waals surface area contributed by atoms with Crippen molar-refractivity contribution in [2.45, 2.75) is 30.9 Å². The van der Waals surface area contributed by atoms with Crippen LogP contribution in [0, 0.1) is 0 Å². The average Bonchev–Trinajstić information content (AvgIpc) is 3.40. The summed E-state index contributed by atoms with van der Waals surface area (Å²) in [5.74, 6) is -1.48. The molecule has 2 aliphatic heterocycles. The summed E-state index contributed by atoms with van der Waals surface area (Å²) < 4.78 is 11.2. The van der Waals surface area contributed by atoms with Crippen molar-refractivity contribution in [3.8, 4) is 16.9 Å². The summed E-state index contributed by atoms with van der Waals surface area (Å²) in [4.78, 5) is 42.6. The van der Waals surface area contributed by atoms with Crippen molar-refractivity contribution in [1.29, 1.82) is 0 Å². The molecule has 0 aliphatic carbocycles. The van der Waals surface area contributed by atoms with E-state index in [2.05, 4.69) is 10.2 Å². The highest BCUT2D eigenvalue weighted by Gasteiger charge is 2.52. The number of ether oxygens (including phenoxy) is 2. The number of carbonyl (C=O) groups excluding carboxylic acids is 2. The number of carboxylic acid groups (broad SMARTS) is 1. The summed E-state index contributed by atoms with van der Waals surface area (Å²) in [6.45, 7) is 2.73. The van der Waals surface area contributed by atoms with E-state index in [1.165, 1.54) is 0 Å². The first-order valence-corrected chi connectivity index (χ1v) is 12.2. The van der Waals surface area contributed by atoms with Gasteiger partial charge in [-0.1, -0.05) is 42.5 Å². The van der Waals surface area contributed by atoms with E-state index >= 15 is 0 Å². The van der Waals surface area contributed by atoms with Crippen molar-refractivity contribution < 1.29 is 29.0 Å². The number of benzene rings is 2. The van der Waals surface area contributed by atoms with Gasteiger partial charge in [-0.3, -0.25) is 9.59 Å². The molecule has 36 heavy (non-hydrogen) atoms. The summed E-state index contributed by atoms with van der Waals surface area (Å²) >= 11 is 0. The summed E-state index contributed by atoms with van der Waals surface area (Å²) in [5.41, 5.74) is 0.936. The van der Waals surface area contributed by atoms with Crippen molar-refractivity contribution in [1.82, 2.24) is 15.1 Å². The predicted octanol–water partition coefficient (Wildman–Crippen LogP) is 1.80. The average molecular weight is 496 g/mol. The minimum atomic E-state index is -1.67. The number of rotatable bonds is 8. The van der Waals surface area contributed by atoms with Gasteiger partial charge in [-0.2, -0.15) is 0 Å². The number of amides is 2. The highest BCUT2D eigenvalue weighted by Crippen LogP contribution is 2.31. The van der Waals surface area contributed by atoms with E-state index < -0.39 is 23.5 Å². The molecule has 2 aromatic carbocycles. The summed E-state index contributed by atoms with van der Waals surface area (Å²) in [7, 11) is 3.60. The Bertz CT molecular complexity index is 1090. The Morgan fingerprint density at radius 1 is 1.08 bits per heavy atom. The Hall–Kier alpha value is -3.43. The maximum absolute atomic E-state index is 13.4. The van der Waals surface area contributed by atoms with Crippen molar-refractivity contribution >= 4 is 17.8 Å². The summed E-state index contributed by atoms with van der Waals surface area (Å²) in [5, 5.41) is 12.5. The Morgan fingerprint density at radius 3 is 2.39 bits per heavy atom. The van der Waals surface area contributed by atoms with Crippen LogP contribution in [0.5, 0.6) is 5.75 Å². The molecule has 9 heteroatoms. The zero-order chi connectivity index (χ0) is 25.7. The molecule has 2 amide bonds. The van der Waals surface area contributed by atoms with Gasteiger partial charge >= 0.3 is 5.97 Å². The molecule has 2 atom stereocenters. The molecule has 0 bridgehead atoms. The number of carboxylic acids is 1. The second-order valence-electron chi connectivity index (χ2n) is 9.34. The van der Waals surface area contributed by atoms with Crippen LogP contribution >= 0.6 is 0 Å². The number of carbonyl (C=O) groups is 3. The van der Waals surface area contributed by atoms with Crippen molar-refractivity contribution in [3.05, 3.63) is 54.1 Å². The second kappa shape index (κ2) is 11.1. The SMILES string of the molecule is COc1ccccc1-c1ccc(C[C@H](NC(=O)[C@@]2(C(=O)N3CCN(C)CC3)CCCO2)C(=O)O)cc1. The van der Waals surface area contributed by atoms with E-state index in [1.807, 2.05) is 55.6 Å². The van der Waals surface area contributed by atoms with Crippen LogP contribution in [-0.4, -0.2) is 91.3 Å². The van der Waals surface area contributed by atoms with Gasteiger partial charge in [-0.15, -0.1) is 0 Å². The Balaban J connectivity index is 1.47. The fourth-order valence-corrected chi connectivity index (χ4v) is 4.76. The molecule has 0 radical (unpaired) electrons. The third-order valence-electron chi connectivity index (χ3n) is 6.94. The zero-order valence-electron chi connectivity index (χ0n) is 20.7. The lowest BCUT2D eigenvalue weighted by Crippen LogP contribution is -2.62. The third-order valence-corrected chi connectivity index (χ3v) is 6.94. The standard InChI is InChI=1S/C27H33N3O6/c1-29-13-15-30(16-14-29)26(34)27(12-5-17-36-27)25(33)28-22(24(31)32)18-19-8-10-20(11-9-19)21-6-3-4-7-23(21)35-2/h3-4,6-11,22H,5,12-18H2,1-2H3,(H,28,33)(H,31,32)/t22-,27+/m0/s1. The van der Waals surface area contributed by atoms with Gasteiger partial charge in [0.25, 0.3) is 11.8 Å². The molecule has 2 aliphatic rings. The Kier molecular flexibility index (Phi) is 7.91. The number of nitrogens with one attached hydrogen (secondary N) is 1. The predicted molar refractivity (Wildman–Crippen MR) is 134 cm³/mol. The maximum Gasteiger partial charge on any atom is 0.326 e. The Morgan fingerprint density at radius 2 is 1.78 bits per heavy atom. The number of hydrogen-bond donors (Lipinski definition) is 2. The molecule has 2 fully saturated rings. The van der Waals surface area contributed by atoms with Gasteiger partial charge in [0.1, 0.15) is 11.8 Å². The van der Waals surface area contributed by atoms with Crippen LogP contribution in [0.3, 0.4) is 0 Å². The van der Waals surface area contributed by atoms with Crippen LogP contribution in [0.25, 0.3) is 11.1 Å². The van der Waals surface area contributed by atoms with Crippen LogP contribution in [-0.2, 0) is 25.5 Å². The third kappa shape index (κ3) is 5.37. The lowest BCUT2D eigenvalue weighted by molar-refractivity contribution is -0.165. The van der Waals surface area contributed by atoms with Crippen LogP contribution in [0.2, 0.25) is 0 Å². The molecular formula is C27H33N3O6. The van der Waals surface area contributed by atoms with Crippen LogP contribution in [0.15, 0.2) is 48.5 Å². The first-order valence-electron chi connectivity index (χ1n) is 12.2. The van der Waals surface area contributed by atoms with Crippen LogP contribution in [0.4, 0.5) is 0 Å². The van der Waals surface area contributed by atoms with E-state index in [1.54, 1.807) is 12.0 Å². The van der Waals surface area contributed by atoms with E-state index in [0.717, 1.165) is 22.4 Å². The number of para-hydroxylation sites is 1. The van der Waals surface area contributed by atoms with Gasteiger partial charge in [0.05, 0.1) is 7.11 Å².